The fourth-order valence-electron chi connectivity index (χ4n) is 1.54. The number of rotatable bonds is 4. The Bertz CT molecular complexity index is 234. The first-order valence-corrected chi connectivity index (χ1v) is 5.00. The van der Waals surface area contributed by atoms with Gasteiger partial charge in [0.05, 0.1) is 0 Å². The molecule has 6 heteroatoms. The molecule has 3 N–H and O–H groups in total. The van der Waals surface area contributed by atoms with Crippen molar-refractivity contribution in [3.63, 3.8) is 0 Å². The van der Waals surface area contributed by atoms with Crippen LogP contribution in [0.3, 0.4) is 0 Å². The SMILES string of the molecule is CC(=O)N1CCC(NOCC(N)=O)CC1. The molecule has 1 aliphatic rings. The van der Waals surface area contributed by atoms with E-state index in [2.05, 4.69) is 5.48 Å². The molecule has 15 heavy (non-hydrogen) atoms. The zero-order chi connectivity index (χ0) is 11.3. The summed E-state index contributed by atoms with van der Waals surface area (Å²) in [5.74, 6) is -0.393. The molecule has 0 aromatic carbocycles. The number of nitrogens with zero attached hydrogens (tertiary/aromatic N) is 1. The number of likely N-dealkylation sites (tertiary alicyclic amines) is 1. The molecule has 0 aromatic heterocycles. The summed E-state index contributed by atoms with van der Waals surface area (Å²) in [6, 6.07) is 0.194. The molecule has 1 aliphatic heterocycles. The van der Waals surface area contributed by atoms with Crippen LogP contribution in [0.25, 0.3) is 0 Å². The lowest BCUT2D eigenvalue weighted by atomic mass is 10.1. The number of nitrogens with two attached hydrogens (primary N) is 1. The number of hydroxylamine groups is 1. The summed E-state index contributed by atoms with van der Waals surface area (Å²) in [4.78, 5) is 28.1. The zero-order valence-corrected chi connectivity index (χ0v) is 8.86. The Morgan fingerprint density at radius 2 is 2.07 bits per heavy atom. The Balaban J connectivity index is 2.14. The monoisotopic (exact) mass is 215 g/mol. The largest absolute Gasteiger partial charge is 0.368 e. The van der Waals surface area contributed by atoms with Gasteiger partial charge in [-0.05, 0) is 12.8 Å². The highest BCUT2D eigenvalue weighted by Gasteiger charge is 2.20. The van der Waals surface area contributed by atoms with Gasteiger partial charge in [-0.2, -0.15) is 5.48 Å². The van der Waals surface area contributed by atoms with E-state index in [0.717, 1.165) is 25.9 Å². The fraction of sp³-hybridized carbons (Fsp3) is 0.778. The van der Waals surface area contributed by atoms with Crippen LogP contribution in [0.2, 0.25) is 0 Å². The van der Waals surface area contributed by atoms with E-state index in [9.17, 15) is 9.59 Å². The third-order valence-corrected chi connectivity index (χ3v) is 2.40. The highest BCUT2D eigenvalue weighted by Crippen LogP contribution is 2.09. The third kappa shape index (κ3) is 4.26. The van der Waals surface area contributed by atoms with Crippen molar-refractivity contribution in [1.82, 2.24) is 10.4 Å². The number of amides is 2. The van der Waals surface area contributed by atoms with Crippen molar-refractivity contribution >= 4 is 11.8 Å². The minimum Gasteiger partial charge on any atom is -0.368 e. The zero-order valence-electron chi connectivity index (χ0n) is 8.86. The number of nitrogens with one attached hydrogen (secondary N) is 1. The summed E-state index contributed by atoms with van der Waals surface area (Å²) in [6.07, 6.45) is 1.66. The number of piperidine rings is 1. The molecule has 86 valence electrons. The van der Waals surface area contributed by atoms with Crippen LogP contribution in [-0.2, 0) is 14.4 Å². The van der Waals surface area contributed by atoms with Crippen LogP contribution in [-0.4, -0.2) is 42.5 Å². The van der Waals surface area contributed by atoms with Crippen molar-refractivity contribution in [2.75, 3.05) is 19.7 Å². The maximum absolute atomic E-state index is 11.0. The molecule has 0 saturated carbocycles. The van der Waals surface area contributed by atoms with Crippen molar-refractivity contribution in [3.05, 3.63) is 0 Å². The summed E-state index contributed by atoms with van der Waals surface area (Å²) >= 11 is 0. The van der Waals surface area contributed by atoms with Crippen LogP contribution >= 0.6 is 0 Å². The Labute approximate surface area is 88.7 Å². The molecule has 6 nitrogen and oxygen atoms in total. The van der Waals surface area contributed by atoms with Gasteiger partial charge in [-0.3, -0.25) is 14.4 Å². The minimum atomic E-state index is -0.497. The van der Waals surface area contributed by atoms with E-state index in [4.69, 9.17) is 10.6 Å². The lowest BCUT2D eigenvalue weighted by molar-refractivity contribution is -0.131. The summed E-state index contributed by atoms with van der Waals surface area (Å²) < 4.78 is 0. The van der Waals surface area contributed by atoms with Gasteiger partial charge in [0.1, 0.15) is 6.61 Å². The van der Waals surface area contributed by atoms with Gasteiger partial charge >= 0.3 is 0 Å². The average molecular weight is 215 g/mol. The summed E-state index contributed by atoms with van der Waals surface area (Å²) in [7, 11) is 0. The van der Waals surface area contributed by atoms with Gasteiger partial charge in [0.25, 0.3) is 0 Å². The molecule has 0 aliphatic carbocycles. The van der Waals surface area contributed by atoms with E-state index in [-0.39, 0.29) is 18.6 Å². The van der Waals surface area contributed by atoms with Gasteiger partial charge in [-0.1, -0.05) is 0 Å². The number of carbonyl (C=O) groups is 2. The average Bonchev–Trinajstić information content (AvgIpc) is 2.18. The number of primary amides is 1. The van der Waals surface area contributed by atoms with Crippen LogP contribution < -0.4 is 11.2 Å². The Hall–Kier alpha value is -1.14. The Kier molecular flexibility index (Phi) is 4.51. The second-order valence-electron chi connectivity index (χ2n) is 3.65. The molecule has 0 unspecified atom stereocenters. The first-order chi connectivity index (χ1) is 7.09. The fourth-order valence-corrected chi connectivity index (χ4v) is 1.54. The van der Waals surface area contributed by atoms with E-state index >= 15 is 0 Å². The quantitative estimate of drug-likeness (QED) is 0.589. The van der Waals surface area contributed by atoms with Crippen LogP contribution in [0.15, 0.2) is 0 Å². The van der Waals surface area contributed by atoms with Gasteiger partial charge in [-0.15, -0.1) is 0 Å². The normalized spacial score (nSPS) is 17.8. The van der Waals surface area contributed by atoms with E-state index in [1.807, 2.05) is 0 Å². The third-order valence-electron chi connectivity index (χ3n) is 2.40. The predicted octanol–water partition coefficient (Wildman–Crippen LogP) is -0.996. The van der Waals surface area contributed by atoms with E-state index < -0.39 is 5.91 Å². The minimum absolute atomic E-state index is 0.103. The maximum Gasteiger partial charge on any atom is 0.245 e. The molecule has 1 rings (SSSR count). The highest BCUT2D eigenvalue weighted by molar-refractivity contribution is 5.75. The molecule has 0 bridgehead atoms. The van der Waals surface area contributed by atoms with Crippen LogP contribution in [0.5, 0.6) is 0 Å². The second-order valence-corrected chi connectivity index (χ2v) is 3.65. The van der Waals surface area contributed by atoms with Crippen molar-refractivity contribution in [2.24, 2.45) is 5.73 Å². The van der Waals surface area contributed by atoms with E-state index in [1.165, 1.54) is 0 Å². The standard InChI is InChI=1S/C9H17N3O3/c1-7(13)12-4-2-8(3-5-12)11-15-6-9(10)14/h8,11H,2-6H2,1H3,(H2,10,14). The molecule has 0 aromatic rings. The lowest BCUT2D eigenvalue weighted by Crippen LogP contribution is -2.44. The van der Waals surface area contributed by atoms with Crippen molar-refractivity contribution in [1.29, 1.82) is 0 Å². The van der Waals surface area contributed by atoms with Gasteiger partial charge in [0.2, 0.25) is 11.8 Å². The van der Waals surface area contributed by atoms with E-state index in [0.29, 0.717) is 0 Å². The summed E-state index contributed by atoms with van der Waals surface area (Å²) in [6.45, 7) is 2.91. The highest BCUT2D eigenvalue weighted by atomic mass is 16.6. The Morgan fingerprint density at radius 3 is 2.53 bits per heavy atom. The van der Waals surface area contributed by atoms with Gasteiger partial charge in [0, 0.05) is 26.1 Å². The van der Waals surface area contributed by atoms with Crippen molar-refractivity contribution < 1.29 is 14.4 Å². The first-order valence-electron chi connectivity index (χ1n) is 5.00. The molecule has 0 atom stereocenters. The molecule has 2 amide bonds. The predicted molar refractivity (Wildman–Crippen MR) is 53.6 cm³/mol. The van der Waals surface area contributed by atoms with Gasteiger partial charge < -0.3 is 10.6 Å². The molecular formula is C9H17N3O3. The molecular weight excluding hydrogens is 198 g/mol. The van der Waals surface area contributed by atoms with E-state index in [1.54, 1.807) is 11.8 Å². The second kappa shape index (κ2) is 5.67. The summed E-state index contributed by atoms with van der Waals surface area (Å²) in [5.41, 5.74) is 7.69. The van der Waals surface area contributed by atoms with Crippen LogP contribution in [0.4, 0.5) is 0 Å². The Morgan fingerprint density at radius 1 is 1.47 bits per heavy atom. The summed E-state index contributed by atoms with van der Waals surface area (Å²) in [5, 5.41) is 0. The van der Waals surface area contributed by atoms with Crippen LogP contribution in [0.1, 0.15) is 19.8 Å². The van der Waals surface area contributed by atoms with Gasteiger partial charge in [0.15, 0.2) is 0 Å². The molecule has 1 saturated heterocycles. The maximum atomic E-state index is 11.0. The van der Waals surface area contributed by atoms with Crippen LogP contribution in [0, 0.1) is 0 Å². The number of hydrogen-bond donors (Lipinski definition) is 2. The first kappa shape index (κ1) is 11.9. The molecule has 1 heterocycles. The molecule has 1 fully saturated rings. The molecule has 0 spiro atoms. The van der Waals surface area contributed by atoms with Gasteiger partial charge in [-0.25, -0.2) is 0 Å². The number of hydrogen-bond acceptors (Lipinski definition) is 4. The number of carbonyl (C=O) groups excluding carboxylic acids is 2. The smallest absolute Gasteiger partial charge is 0.245 e. The molecule has 0 radical (unpaired) electrons. The lowest BCUT2D eigenvalue weighted by Gasteiger charge is -2.31. The van der Waals surface area contributed by atoms with Crippen molar-refractivity contribution in [2.45, 2.75) is 25.8 Å². The van der Waals surface area contributed by atoms with Crippen molar-refractivity contribution in [3.8, 4) is 0 Å². The topological polar surface area (TPSA) is 84.7 Å².